The molecule has 4 bridgehead atoms. The van der Waals surface area contributed by atoms with E-state index in [-0.39, 0.29) is 11.9 Å². The van der Waals surface area contributed by atoms with Gasteiger partial charge in [-0.05, 0) is 80.5 Å². The molecule has 6 heteroatoms. The van der Waals surface area contributed by atoms with Crippen molar-refractivity contribution in [3.8, 4) is 0 Å². The van der Waals surface area contributed by atoms with E-state index in [9.17, 15) is 4.79 Å². The molecule has 4 fully saturated rings. The van der Waals surface area contributed by atoms with Gasteiger partial charge < -0.3 is 8.83 Å². The second-order valence-electron chi connectivity index (χ2n) is 9.39. The number of carbonyl (C=O) groups excluding carboxylic acids is 1. The molecule has 2 aromatic rings. The van der Waals surface area contributed by atoms with Crippen molar-refractivity contribution in [1.82, 2.24) is 5.01 Å². The normalized spacial score (nSPS) is 35.3. The molecule has 0 saturated heterocycles. The van der Waals surface area contributed by atoms with Crippen LogP contribution in [0.5, 0.6) is 0 Å². The summed E-state index contributed by atoms with van der Waals surface area (Å²) < 4.78 is 11.5. The molecule has 4 saturated carbocycles. The van der Waals surface area contributed by atoms with Crippen LogP contribution >= 0.6 is 11.8 Å². The maximum atomic E-state index is 13.3. The maximum absolute atomic E-state index is 13.3. The topological polar surface area (TPSA) is 59.0 Å². The van der Waals surface area contributed by atoms with E-state index in [4.69, 9.17) is 8.83 Å². The third kappa shape index (κ3) is 3.16. The van der Waals surface area contributed by atoms with Gasteiger partial charge in [-0.2, -0.15) is 5.10 Å². The largest absolute Gasteiger partial charge is 0.467 e. The van der Waals surface area contributed by atoms with Gasteiger partial charge in [-0.1, -0.05) is 0 Å². The number of furan rings is 2. The molecule has 1 unspecified atom stereocenters. The molecule has 7 rings (SSSR count). The van der Waals surface area contributed by atoms with Gasteiger partial charge in [-0.25, -0.2) is 5.01 Å². The zero-order chi connectivity index (χ0) is 19.4. The van der Waals surface area contributed by atoms with Crippen LogP contribution in [0.15, 0.2) is 50.7 Å². The Balaban J connectivity index is 1.20. The lowest BCUT2D eigenvalue weighted by molar-refractivity contribution is -0.130. The fourth-order valence-corrected chi connectivity index (χ4v) is 8.15. The third-order valence-electron chi connectivity index (χ3n) is 7.33. The summed E-state index contributed by atoms with van der Waals surface area (Å²) >= 11 is 1.91. The van der Waals surface area contributed by atoms with Crippen LogP contribution in [0.25, 0.3) is 0 Å². The van der Waals surface area contributed by atoms with Crippen molar-refractivity contribution in [3.05, 3.63) is 48.3 Å². The Morgan fingerprint density at radius 1 is 1.07 bits per heavy atom. The first-order valence-corrected chi connectivity index (χ1v) is 11.8. The molecule has 0 radical (unpaired) electrons. The molecule has 5 nitrogen and oxygen atoms in total. The summed E-state index contributed by atoms with van der Waals surface area (Å²) in [6.45, 7) is 0. The fourth-order valence-electron chi connectivity index (χ4n) is 6.52. The molecular formula is C23H26N2O3S. The van der Waals surface area contributed by atoms with Crippen LogP contribution < -0.4 is 0 Å². The lowest BCUT2D eigenvalue weighted by Crippen LogP contribution is -2.49. The monoisotopic (exact) mass is 410 g/mol. The van der Waals surface area contributed by atoms with Gasteiger partial charge in [0.2, 0.25) is 0 Å². The van der Waals surface area contributed by atoms with E-state index in [1.807, 2.05) is 36.0 Å². The zero-order valence-corrected chi connectivity index (χ0v) is 17.3. The van der Waals surface area contributed by atoms with Crippen molar-refractivity contribution in [2.75, 3.05) is 5.75 Å². The van der Waals surface area contributed by atoms with E-state index in [0.717, 1.165) is 35.0 Å². The fraction of sp³-hybridized carbons (Fsp3) is 0.565. The summed E-state index contributed by atoms with van der Waals surface area (Å²) in [5.41, 5.74) is 0.810. The Morgan fingerprint density at radius 3 is 2.38 bits per heavy atom. The molecule has 1 amide bonds. The number of nitrogens with zero attached hydrogens (tertiary/aromatic N) is 2. The summed E-state index contributed by atoms with van der Waals surface area (Å²) in [4.78, 5) is 13.3. The van der Waals surface area contributed by atoms with Crippen LogP contribution in [0, 0.1) is 17.8 Å². The molecule has 4 aliphatic carbocycles. The molecule has 3 heterocycles. The summed E-state index contributed by atoms with van der Waals surface area (Å²) in [5.74, 6) is 4.78. The Hall–Kier alpha value is -1.95. The van der Waals surface area contributed by atoms with Crippen molar-refractivity contribution in [3.63, 3.8) is 0 Å². The van der Waals surface area contributed by atoms with Crippen LogP contribution in [0.4, 0.5) is 0 Å². The molecule has 0 spiro atoms. The molecule has 29 heavy (non-hydrogen) atoms. The molecule has 0 N–H and O–H groups in total. The first-order chi connectivity index (χ1) is 14.2. The van der Waals surface area contributed by atoms with Gasteiger partial charge in [-0.15, -0.1) is 11.8 Å². The van der Waals surface area contributed by atoms with Gasteiger partial charge in [0.15, 0.2) is 0 Å². The van der Waals surface area contributed by atoms with Gasteiger partial charge in [-0.3, -0.25) is 4.79 Å². The van der Waals surface area contributed by atoms with E-state index in [2.05, 4.69) is 5.10 Å². The van der Waals surface area contributed by atoms with E-state index in [1.165, 1.54) is 38.5 Å². The standard InChI is InChI=1S/C23H26N2O3S/c26-22(14-29-23-11-15-7-16(12-23)9-17(8-15)13-23)25-19(21-4-2-6-28-21)10-18(24-25)20-3-1-5-27-20/h1-6,15-17,19H,7-14H2. The van der Waals surface area contributed by atoms with E-state index >= 15 is 0 Å². The minimum absolute atomic E-state index is 0.0775. The van der Waals surface area contributed by atoms with Crippen LogP contribution in [-0.2, 0) is 4.79 Å². The second kappa shape index (κ2) is 6.79. The number of thioether (sulfide) groups is 1. The van der Waals surface area contributed by atoms with Gasteiger partial charge in [0.25, 0.3) is 5.91 Å². The average molecular weight is 411 g/mol. The predicted octanol–water partition coefficient (Wildman–Crippen LogP) is 5.25. The Labute approximate surface area is 174 Å². The Morgan fingerprint density at radius 2 is 1.76 bits per heavy atom. The molecule has 5 aliphatic rings. The summed E-state index contributed by atoms with van der Waals surface area (Å²) in [6, 6.07) is 7.36. The summed E-state index contributed by atoms with van der Waals surface area (Å²) in [5, 5.41) is 6.31. The van der Waals surface area contributed by atoms with Crippen LogP contribution in [-0.4, -0.2) is 27.1 Å². The highest BCUT2D eigenvalue weighted by molar-refractivity contribution is 8.01. The molecule has 152 valence electrons. The van der Waals surface area contributed by atoms with Crippen molar-refractivity contribution < 1.29 is 13.6 Å². The van der Waals surface area contributed by atoms with Crippen molar-refractivity contribution in [1.29, 1.82) is 0 Å². The van der Waals surface area contributed by atoms with E-state index < -0.39 is 0 Å². The zero-order valence-electron chi connectivity index (χ0n) is 16.5. The van der Waals surface area contributed by atoms with E-state index in [0.29, 0.717) is 16.9 Å². The van der Waals surface area contributed by atoms with Gasteiger partial charge in [0, 0.05) is 11.2 Å². The van der Waals surface area contributed by atoms with E-state index in [1.54, 1.807) is 17.5 Å². The van der Waals surface area contributed by atoms with Crippen LogP contribution in [0.1, 0.15) is 62.5 Å². The average Bonchev–Trinajstić information content (AvgIpc) is 3.46. The predicted molar refractivity (Wildman–Crippen MR) is 112 cm³/mol. The molecule has 1 atom stereocenters. The molecule has 2 aromatic heterocycles. The third-order valence-corrected chi connectivity index (χ3v) is 8.83. The molecule has 0 aromatic carbocycles. The van der Waals surface area contributed by atoms with Crippen molar-refractivity contribution in [2.24, 2.45) is 22.9 Å². The van der Waals surface area contributed by atoms with Crippen LogP contribution in [0.2, 0.25) is 0 Å². The maximum Gasteiger partial charge on any atom is 0.253 e. The van der Waals surface area contributed by atoms with Gasteiger partial charge in [0.05, 0.1) is 18.3 Å². The lowest BCUT2D eigenvalue weighted by Gasteiger charge is -2.56. The second-order valence-corrected chi connectivity index (χ2v) is 10.8. The minimum atomic E-state index is -0.186. The molecular weight excluding hydrogens is 384 g/mol. The molecule has 1 aliphatic heterocycles. The number of amides is 1. The van der Waals surface area contributed by atoms with Gasteiger partial charge >= 0.3 is 0 Å². The smallest absolute Gasteiger partial charge is 0.253 e. The number of hydrazone groups is 1. The first-order valence-electron chi connectivity index (χ1n) is 10.8. The summed E-state index contributed by atoms with van der Waals surface area (Å²) in [7, 11) is 0. The lowest BCUT2D eigenvalue weighted by atomic mass is 9.56. The minimum Gasteiger partial charge on any atom is -0.467 e. The van der Waals surface area contributed by atoms with Crippen molar-refractivity contribution in [2.45, 2.75) is 55.7 Å². The van der Waals surface area contributed by atoms with Crippen LogP contribution in [0.3, 0.4) is 0 Å². The quantitative estimate of drug-likeness (QED) is 0.675. The number of carbonyl (C=O) groups is 1. The SMILES string of the molecule is O=C(CSC12CC3CC(CC(C3)C1)C2)N1N=C(c2ccco2)CC1c1ccco1. The highest BCUT2D eigenvalue weighted by atomic mass is 32.2. The highest BCUT2D eigenvalue weighted by Gasteiger charge is 2.51. The summed E-state index contributed by atoms with van der Waals surface area (Å²) in [6.07, 6.45) is 12.1. The Bertz CT molecular complexity index is 883. The number of rotatable bonds is 5. The number of hydrogen-bond acceptors (Lipinski definition) is 5. The van der Waals surface area contributed by atoms with Crippen molar-refractivity contribution >= 4 is 23.4 Å². The Kier molecular flexibility index (Phi) is 4.19. The van der Waals surface area contributed by atoms with Gasteiger partial charge in [0.1, 0.15) is 23.3 Å². The number of hydrogen-bond donors (Lipinski definition) is 0. The first kappa shape index (κ1) is 17.9. The highest BCUT2D eigenvalue weighted by Crippen LogP contribution is 2.60.